The molecule has 1 aliphatic carbocycles. The molecule has 0 radical (unpaired) electrons. The van der Waals surface area contributed by atoms with Crippen molar-refractivity contribution >= 4 is 22.6 Å². The Morgan fingerprint density at radius 3 is 2.00 bits per heavy atom. The highest BCUT2D eigenvalue weighted by Gasteiger charge is 2.36. The molecule has 0 amide bonds. The predicted octanol–water partition coefficient (Wildman–Crippen LogP) is 4.58. The Morgan fingerprint density at radius 1 is 0.938 bits per heavy atom. The SMILES string of the molecule is CC1C(I)COC1C1CCCCCCCC1. The molecule has 1 saturated carbocycles. The molecule has 0 N–H and O–H groups in total. The fraction of sp³-hybridized carbons (Fsp3) is 1.00. The lowest BCUT2D eigenvalue weighted by atomic mass is 9.85. The molecule has 0 spiro atoms. The lowest BCUT2D eigenvalue weighted by Gasteiger charge is -2.26. The summed E-state index contributed by atoms with van der Waals surface area (Å²) >= 11 is 2.57. The van der Waals surface area contributed by atoms with Crippen LogP contribution in [0.5, 0.6) is 0 Å². The molecule has 2 aliphatic rings. The average Bonchev–Trinajstić information content (AvgIpc) is 2.67. The van der Waals surface area contributed by atoms with E-state index in [1.54, 1.807) is 0 Å². The monoisotopic (exact) mass is 336 g/mol. The molecule has 0 aromatic rings. The maximum Gasteiger partial charge on any atom is 0.0640 e. The smallest absolute Gasteiger partial charge is 0.0640 e. The fourth-order valence-electron chi connectivity index (χ4n) is 3.27. The van der Waals surface area contributed by atoms with Crippen LogP contribution < -0.4 is 0 Å². The van der Waals surface area contributed by atoms with Gasteiger partial charge in [0.15, 0.2) is 0 Å². The Bertz CT molecular complexity index is 197. The van der Waals surface area contributed by atoms with E-state index >= 15 is 0 Å². The molecule has 2 fully saturated rings. The first-order valence-corrected chi connectivity index (χ1v) is 8.29. The molecule has 1 heterocycles. The summed E-state index contributed by atoms with van der Waals surface area (Å²) in [4.78, 5) is 0. The minimum absolute atomic E-state index is 0.569. The number of halogens is 1. The van der Waals surface area contributed by atoms with Gasteiger partial charge in [-0.2, -0.15) is 0 Å². The van der Waals surface area contributed by atoms with Crippen molar-refractivity contribution in [3.63, 3.8) is 0 Å². The molecule has 16 heavy (non-hydrogen) atoms. The fourth-order valence-corrected chi connectivity index (χ4v) is 3.89. The standard InChI is InChI=1S/C14H25IO/c1-11-13(15)10-16-14(11)12-8-6-4-2-3-5-7-9-12/h11-14H,2-10H2,1H3. The molecule has 0 bridgehead atoms. The summed E-state index contributed by atoms with van der Waals surface area (Å²) in [6, 6.07) is 0. The van der Waals surface area contributed by atoms with Gasteiger partial charge in [-0.05, 0) is 24.7 Å². The van der Waals surface area contributed by atoms with Gasteiger partial charge in [-0.25, -0.2) is 0 Å². The van der Waals surface area contributed by atoms with Gasteiger partial charge in [0.2, 0.25) is 0 Å². The zero-order valence-corrected chi connectivity index (χ0v) is 12.6. The lowest BCUT2D eigenvalue weighted by Crippen LogP contribution is -2.27. The minimum atomic E-state index is 0.569. The van der Waals surface area contributed by atoms with Crippen molar-refractivity contribution < 1.29 is 4.74 Å². The molecular weight excluding hydrogens is 311 g/mol. The Kier molecular flexibility index (Phi) is 5.40. The summed E-state index contributed by atoms with van der Waals surface area (Å²) in [7, 11) is 0. The van der Waals surface area contributed by atoms with Gasteiger partial charge in [0, 0.05) is 3.92 Å². The van der Waals surface area contributed by atoms with Crippen LogP contribution in [0.2, 0.25) is 0 Å². The molecule has 2 heteroatoms. The molecular formula is C14H25IO. The Labute approximate surface area is 114 Å². The first kappa shape index (κ1) is 13.1. The molecule has 0 aromatic heterocycles. The van der Waals surface area contributed by atoms with Crippen molar-refractivity contribution in [2.75, 3.05) is 6.61 Å². The normalized spacial score (nSPS) is 39.0. The summed E-state index contributed by atoms with van der Waals surface area (Å²) in [5.74, 6) is 1.62. The van der Waals surface area contributed by atoms with E-state index in [1.165, 1.54) is 51.4 Å². The van der Waals surface area contributed by atoms with Crippen molar-refractivity contribution in [2.45, 2.75) is 68.3 Å². The molecule has 2 rings (SSSR count). The number of hydrogen-bond acceptors (Lipinski definition) is 1. The van der Waals surface area contributed by atoms with E-state index in [0.717, 1.165) is 22.4 Å². The van der Waals surface area contributed by atoms with E-state index in [9.17, 15) is 0 Å². The molecule has 1 saturated heterocycles. The summed E-state index contributed by atoms with van der Waals surface area (Å²) in [5, 5.41) is 0. The van der Waals surface area contributed by atoms with Crippen molar-refractivity contribution in [2.24, 2.45) is 11.8 Å². The Hall–Kier alpha value is 0.690. The highest BCUT2D eigenvalue weighted by atomic mass is 127. The van der Waals surface area contributed by atoms with Gasteiger partial charge >= 0.3 is 0 Å². The van der Waals surface area contributed by atoms with Gasteiger partial charge in [-0.15, -0.1) is 0 Å². The van der Waals surface area contributed by atoms with E-state index in [1.807, 2.05) is 0 Å². The second-order valence-electron chi connectivity index (χ2n) is 5.63. The van der Waals surface area contributed by atoms with Crippen molar-refractivity contribution in [1.82, 2.24) is 0 Å². The van der Waals surface area contributed by atoms with Gasteiger partial charge in [0.25, 0.3) is 0 Å². The van der Waals surface area contributed by atoms with Gasteiger partial charge < -0.3 is 4.74 Å². The quantitative estimate of drug-likeness (QED) is 0.503. The van der Waals surface area contributed by atoms with Crippen LogP contribution in [0.15, 0.2) is 0 Å². The summed E-state index contributed by atoms with van der Waals surface area (Å²) in [6.07, 6.45) is 12.1. The molecule has 1 nitrogen and oxygen atoms in total. The highest BCUT2D eigenvalue weighted by Crippen LogP contribution is 2.36. The second-order valence-corrected chi connectivity index (χ2v) is 7.23. The molecule has 3 atom stereocenters. The zero-order valence-electron chi connectivity index (χ0n) is 10.5. The lowest BCUT2D eigenvalue weighted by molar-refractivity contribution is 0.0368. The maximum absolute atomic E-state index is 6.05. The van der Waals surface area contributed by atoms with E-state index in [4.69, 9.17) is 4.74 Å². The van der Waals surface area contributed by atoms with Gasteiger partial charge in [-0.1, -0.05) is 68.0 Å². The zero-order chi connectivity index (χ0) is 11.4. The second kappa shape index (κ2) is 6.58. The first-order valence-electron chi connectivity index (χ1n) is 7.04. The van der Waals surface area contributed by atoms with Crippen molar-refractivity contribution in [3.8, 4) is 0 Å². The average molecular weight is 336 g/mol. The largest absolute Gasteiger partial charge is 0.377 e. The van der Waals surface area contributed by atoms with Crippen LogP contribution in [0.1, 0.15) is 58.3 Å². The van der Waals surface area contributed by atoms with E-state index in [0.29, 0.717) is 6.10 Å². The Morgan fingerprint density at radius 2 is 1.50 bits per heavy atom. The van der Waals surface area contributed by atoms with E-state index in [-0.39, 0.29) is 0 Å². The Balaban J connectivity index is 1.89. The van der Waals surface area contributed by atoms with Crippen LogP contribution in [-0.4, -0.2) is 16.6 Å². The number of rotatable bonds is 1. The number of hydrogen-bond donors (Lipinski definition) is 0. The maximum atomic E-state index is 6.05. The minimum Gasteiger partial charge on any atom is -0.377 e. The van der Waals surface area contributed by atoms with Crippen molar-refractivity contribution in [3.05, 3.63) is 0 Å². The molecule has 94 valence electrons. The summed E-state index contributed by atoms with van der Waals surface area (Å²) in [5.41, 5.74) is 0. The van der Waals surface area contributed by atoms with Crippen LogP contribution >= 0.6 is 22.6 Å². The van der Waals surface area contributed by atoms with Crippen LogP contribution in [0.3, 0.4) is 0 Å². The number of alkyl halides is 1. The summed E-state index contributed by atoms with van der Waals surface area (Å²) < 4.78 is 6.79. The topological polar surface area (TPSA) is 9.23 Å². The van der Waals surface area contributed by atoms with Crippen molar-refractivity contribution in [1.29, 1.82) is 0 Å². The van der Waals surface area contributed by atoms with E-state index in [2.05, 4.69) is 29.5 Å². The third-order valence-corrected chi connectivity index (χ3v) is 5.90. The van der Waals surface area contributed by atoms with Crippen LogP contribution in [0, 0.1) is 11.8 Å². The van der Waals surface area contributed by atoms with Crippen LogP contribution in [-0.2, 0) is 4.74 Å². The first-order chi connectivity index (χ1) is 7.79. The number of ether oxygens (including phenoxy) is 1. The van der Waals surface area contributed by atoms with Gasteiger partial charge in [0.1, 0.15) is 0 Å². The third-order valence-electron chi connectivity index (χ3n) is 4.40. The van der Waals surface area contributed by atoms with Gasteiger partial charge in [-0.3, -0.25) is 0 Å². The van der Waals surface area contributed by atoms with E-state index < -0.39 is 0 Å². The van der Waals surface area contributed by atoms with Crippen LogP contribution in [0.25, 0.3) is 0 Å². The third kappa shape index (κ3) is 3.34. The summed E-state index contributed by atoms with van der Waals surface area (Å²) in [6.45, 7) is 3.38. The molecule has 3 unspecified atom stereocenters. The van der Waals surface area contributed by atoms with Gasteiger partial charge in [0.05, 0.1) is 12.7 Å². The predicted molar refractivity (Wildman–Crippen MR) is 77.1 cm³/mol. The molecule has 0 aromatic carbocycles. The molecule has 1 aliphatic heterocycles. The highest BCUT2D eigenvalue weighted by molar-refractivity contribution is 14.1. The van der Waals surface area contributed by atoms with Crippen LogP contribution in [0.4, 0.5) is 0 Å².